The summed E-state index contributed by atoms with van der Waals surface area (Å²) in [7, 11) is 3.22. The molecule has 0 aliphatic carbocycles. The zero-order valence-electron chi connectivity index (χ0n) is 13.2. The Balaban J connectivity index is 1.79. The first kappa shape index (κ1) is 15.7. The second kappa shape index (κ2) is 6.49. The number of halogens is 1. The Labute approximate surface area is 137 Å². The van der Waals surface area contributed by atoms with Crippen molar-refractivity contribution < 1.29 is 13.9 Å². The summed E-state index contributed by atoms with van der Waals surface area (Å²) < 4.78 is 20.1. The van der Waals surface area contributed by atoms with E-state index in [0.29, 0.717) is 17.3 Å². The third-order valence-electron chi connectivity index (χ3n) is 3.41. The third-order valence-corrected chi connectivity index (χ3v) is 3.41. The first-order valence-corrected chi connectivity index (χ1v) is 7.18. The van der Waals surface area contributed by atoms with E-state index in [1.807, 2.05) is 0 Å². The first-order chi connectivity index (χ1) is 11.6. The molecule has 24 heavy (non-hydrogen) atoms. The van der Waals surface area contributed by atoms with Crippen molar-refractivity contribution in [2.75, 3.05) is 12.4 Å². The number of hydrogen-bond donors (Lipinski definition) is 1. The molecule has 6 nitrogen and oxygen atoms in total. The summed E-state index contributed by atoms with van der Waals surface area (Å²) in [6.07, 6.45) is 1.61. The molecule has 0 bridgehead atoms. The van der Waals surface area contributed by atoms with Crippen LogP contribution in [0.15, 0.2) is 48.8 Å². The van der Waals surface area contributed by atoms with Crippen LogP contribution < -0.4 is 10.1 Å². The maximum absolute atomic E-state index is 13.4. The maximum Gasteiger partial charge on any atom is 0.259 e. The van der Waals surface area contributed by atoms with E-state index in [-0.39, 0.29) is 5.56 Å². The number of hydrogen-bond acceptors (Lipinski definition) is 4. The molecule has 0 atom stereocenters. The Morgan fingerprint density at radius 2 is 1.96 bits per heavy atom. The lowest BCUT2D eigenvalue weighted by molar-refractivity contribution is 0.102. The van der Waals surface area contributed by atoms with Crippen molar-refractivity contribution >= 4 is 11.6 Å². The highest BCUT2D eigenvalue weighted by Crippen LogP contribution is 2.22. The van der Waals surface area contributed by atoms with Crippen molar-refractivity contribution in [3.63, 3.8) is 0 Å². The molecule has 0 radical (unpaired) electrons. The summed E-state index contributed by atoms with van der Waals surface area (Å²) in [5.41, 5.74) is 1.54. The number of carbonyl (C=O) groups is 1. The molecule has 0 saturated carbocycles. The summed E-state index contributed by atoms with van der Waals surface area (Å²) in [5.74, 6) is -0.0435. The number of amides is 1. The van der Waals surface area contributed by atoms with Gasteiger partial charge >= 0.3 is 0 Å². The van der Waals surface area contributed by atoms with Crippen LogP contribution in [0.25, 0.3) is 11.4 Å². The summed E-state index contributed by atoms with van der Waals surface area (Å²) >= 11 is 0. The third kappa shape index (κ3) is 3.24. The zero-order chi connectivity index (χ0) is 17.1. The summed E-state index contributed by atoms with van der Waals surface area (Å²) in [6, 6.07) is 10.9. The molecular weight excluding hydrogens is 311 g/mol. The molecule has 0 aliphatic heterocycles. The Bertz CT molecular complexity index is 875. The fourth-order valence-electron chi connectivity index (χ4n) is 2.23. The van der Waals surface area contributed by atoms with Gasteiger partial charge in [0.15, 0.2) is 5.82 Å². The quantitative estimate of drug-likeness (QED) is 0.800. The number of ether oxygens (including phenoxy) is 1. The fourth-order valence-corrected chi connectivity index (χ4v) is 2.23. The van der Waals surface area contributed by atoms with Gasteiger partial charge in [0.05, 0.1) is 12.7 Å². The van der Waals surface area contributed by atoms with E-state index >= 15 is 0 Å². The van der Waals surface area contributed by atoms with Crippen molar-refractivity contribution in [3.8, 4) is 17.1 Å². The van der Waals surface area contributed by atoms with Crippen LogP contribution in [0.2, 0.25) is 0 Å². The molecule has 1 amide bonds. The van der Waals surface area contributed by atoms with E-state index in [2.05, 4.69) is 15.4 Å². The van der Waals surface area contributed by atoms with Crippen LogP contribution in [0.1, 0.15) is 10.4 Å². The molecule has 1 N–H and O–H groups in total. The van der Waals surface area contributed by atoms with E-state index < -0.39 is 11.7 Å². The highest BCUT2D eigenvalue weighted by molar-refractivity contribution is 6.06. The second-order valence-electron chi connectivity index (χ2n) is 5.12. The number of methoxy groups -OCH3 is 1. The van der Waals surface area contributed by atoms with Gasteiger partial charge in [0.25, 0.3) is 5.91 Å². The molecule has 1 aromatic heterocycles. The van der Waals surface area contributed by atoms with Gasteiger partial charge in [-0.15, -0.1) is 0 Å². The van der Waals surface area contributed by atoms with Crippen molar-refractivity contribution in [2.24, 2.45) is 7.05 Å². The SMILES string of the molecule is COc1ccc(F)cc1C(=O)Nc1ccc(-c2ncn(C)n2)cc1. The van der Waals surface area contributed by atoms with Crippen LogP contribution in [-0.4, -0.2) is 27.8 Å². The van der Waals surface area contributed by atoms with E-state index in [0.717, 1.165) is 11.6 Å². The highest BCUT2D eigenvalue weighted by atomic mass is 19.1. The molecule has 0 saturated heterocycles. The number of nitrogens with zero attached hydrogens (tertiary/aromatic N) is 3. The van der Waals surface area contributed by atoms with E-state index in [1.165, 1.54) is 19.2 Å². The van der Waals surface area contributed by atoms with E-state index in [1.54, 1.807) is 42.3 Å². The topological polar surface area (TPSA) is 69.0 Å². The minimum atomic E-state index is -0.502. The summed E-state index contributed by atoms with van der Waals surface area (Å²) in [5, 5.41) is 6.92. The number of aromatic nitrogens is 3. The Morgan fingerprint density at radius 3 is 2.58 bits per heavy atom. The molecule has 1 heterocycles. The Hall–Kier alpha value is -3.22. The molecule has 122 valence electrons. The van der Waals surface area contributed by atoms with Crippen LogP contribution in [-0.2, 0) is 7.05 Å². The lowest BCUT2D eigenvalue weighted by Gasteiger charge is -2.09. The smallest absolute Gasteiger partial charge is 0.259 e. The van der Waals surface area contributed by atoms with Gasteiger partial charge in [-0.05, 0) is 42.5 Å². The van der Waals surface area contributed by atoms with Gasteiger partial charge in [0, 0.05) is 18.3 Å². The molecule has 0 unspecified atom stereocenters. The minimum Gasteiger partial charge on any atom is -0.496 e. The van der Waals surface area contributed by atoms with E-state index in [4.69, 9.17) is 4.74 Å². The van der Waals surface area contributed by atoms with Crippen LogP contribution in [0.3, 0.4) is 0 Å². The molecule has 0 fully saturated rings. The van der Waals surface area contributed by atoms with E-state index in [9.17, 15) is 9.18 Å². The largest absolute Gasteiger partial charge is 0.496 e. The number of rotatable bonds is 4. The van der Waals surface area contributed by atoms with Crippen LogP contribution in [0, 0.1) is 5.82 Å². The number of carbonyl (C=O) groups excluding carboxylic acids is 1. The van der Waals surface area contributed by atoms with Crippen molar-refractivity contribution in [1.82, 2.24) is 14.8 Å². The van der Waals surface area contributed by atoms with Crippen LogP contribution in [0.4, 0.5) is 10.1 Å². The van der Waals surface area contributed by atoms with Gasteiger partial charge in [0.2, 0.25) is 0 Å². The van der Waals surface area contributed by atoms with Crippen LogP contribution in [0.5, 0.6) is 5.75 Å². The number of aryl methyl sites for hydroxylation is 1. The van der Waals surface area contributed by atoms with Crippen molar-refractivity contribution in [3.05, 3.63) is 60.2 Å². The molecule has 3 rings (SSSR count). The average molecular weight is 326 g/mol. The fraction of sp³-hybridized carbons (Fsp3) is 0.118. The number of benzene rings is 2. The van der Waals surface area contributed by atoms with Gasteiger partial charge in [-0.25, -0.2) is 9.37 Å². The van der Waals surface area contributed by atoms with Gasteiger partial charge < -0.3 is 10.1 Å². The highest BCUT2D eigenvalue weighted by Gasteiger charge is 2.14. The predicted octanol–water partition coefficient (Wildman–Crippen LogP) is 2.88. The first-order valence-electron chi connectivity index (χ1n) is 7.18. The molecule has 3 aromatic rings. The lowest BCUT2D eigenvalue weighted by atomic mass is 10.1. The van der Waals surface area contributed by atoms with Gasteiger partial charge in [-0.1, -0.05) is 0 Å². The standard InChI is InChI=1S/C17H15FN4O2/c1-22-10-19-16(21-22)11-3-6-13(7-4-11)20-17(23)14-9-12(18)5-8-15(14)24-2/h3-10H,1-2H3,(H,20,23). The van der Waals surface area contributed by atoms with Gasteiger partial charge in [-0.3, -0.25) is 9.48 Å². The summed E-state index contributed by atoms with van der Waals surface area (Å²) in [4.78, 5) is 16.5. The number of anilines is 1. The normalized spacial score (nSPS) is 10.5. The Morgan fingerprint density at radius 1 is 1.21 bits per heavy atom. The number of nitrogens with one attached hydrogen (secondary N) is 1. The summed E-state index contributed by atoms with van der Waals surface area (Å²) in [6.45, 7) is 0. The zero-order valence-corrected chi connectivity index (χ0v) is 13.2. The van der Waals surface area contributed by atoms with Crippen molar-refractivity contribution in [2.45, 2.75) is 0 Å². The molecule has 0 spiro atoms. The molecule has 7 heteroatoms. The maximum atomic E-state index is 13.4. The van der Waals surface area contributed by atoms with Gasteiger partial charge in [0.1, 0.15) is 17.9 Å². The van der Waals surface area contributed by atoms with Crippen molar-refractivity contribution in [1.29, 1.82) is 0 Å². The minimum absolute atomic E-state index is 0.132. The average Bonchev–Trinajstić information content (AvgIpc) is 3.02. The Kier molecular flexibility index (Phi) is 4.24. The lowest BCUT2D eigenvalue weighted by Crippen LogP contribution is -2.13. The second-order valence-corrected chi connectivity index (χ2v) is 5.12. The van der Waals surface area contributed by atoms with Gasteiger partial charge in [-0.2, -0.15) is 5.10 Å². The molecular formula is C17H15FN4O2. The van der Waals surface area contributed by atoms with Crippen LogP contribution >= 0.6 is 0 Å². The predicted molar refractivity (Wildman–Crippen MR) is 87.3 cm³/mol. The monoisotopic (exact) mass is 326 g/mol. The molecule has 0 aliphatic rings. The molecule has 2 aromatic carbocycles.